The quantitative estimate of drug-likeness (QED) is 0.837. The first-order chi connectivity index (χ1) is 8.16. The number of rotatable bonds is 3. The van der Waals surface area contributed by atoms with E-state index in [1.165, 1.54) is 23.7 Å². The average molecular weight is 249 g/mol. The van der Waals surface area contributed by atoms with Gasteiger partial charge in [-0.25, -0.2) is 15.0 Å². The molecule has 0 atom stereocenters. The molecule has 17 heavy (non-hydrogen) atoms. The van der Waals surface area contributed by atoms with Gasteiger partial charge >= 0.3 is 0 Å². The van der Waals surface area contributed by atoms with Crippen LogP contribution in [0.5, 0.6) is 0 Å². The van der Waals surface area contributed by atoms with Crippen molar-refractivity contribution in [2.45, 2.75) is 13.5 Å². The second-order valence-corrected chi connectivity index (χ2v) is 4.30. The highest BCUT2D eigenvalue weighted by molar-refractivity contribution is 7.09. The summed E-state index contributed by atoms with van der Waals surface area (Å²) in [4.78, 5) is 23.6. The highest BCUT2D eigenvalue weighted by atomic mass is 32.1. The lowest BCUT2D eigenvalue weighted by Crippen LogP contribution is -2.25. The fourth-order valence-electron chi connectivity index (χ4n) is 1.25. The number of thiazole rings is 1. The monoisotopic (exact) mass is 249 g/mol. The molecular weight excluding hydrogens is 238 g/mol. The van der Waals surface area contributed by atoms with Crippen molar-refractivity contribution in [3.63, 3.8) is 0 Å². The largest absolute Gasteiger partial charge is 0.382 e. The van der Waals surface area contributed by atoms with Gasteiger partial charge in [0.15, 0.2) is 11.5 Å². The number of aromatic nitrogens is 3. The topological polar surface area (TPSA) is 93.8 Å². The lowest BCUT2D eigenvalue weighted by molar-refractivity contribution is 0.0946. The Morgan fingerprint density at radius 2 is 2.24 bits per heavy atom. The Kier molecular flexibility index (Phi) is 3.29. The van der Waals surface area contributed by atoms with E-state index in [9.17, 15) is 4.79 Å². The van der Waals surface area contributed by atoms with Crippen LogP contribution in [0.1, 0.15) is 21.2 Å². The van der Waals surface area contributed by atoms with E-state index in [1.54, 1.807) is 0 Å². The van der Waals surface area contributed by atoms with Crippen molar-refractivity contribution < 1.29 is 4.79 Å². The number of carbonyl (C=O) groups excluding carboxylic acids is 1. The van der Waals surface area contributed by atoms with E-state index in [0.29, 0.717) is 6.54 Å². The molecular formula is C10H11N5OS. The van der Waals surface area contributed by atoms with Crippen molar-refractivity contribution in [3.05, 3.63) is 34.2 Å². The van der Waals surface area contributed by atoms with E-state index in [1.807, 2.05) is 12.3 Å². The predicted molar refractivity (Wildman–Crippen MR) is 64.5 cm³/mol. The molecule has 3 N–H and O–H groups in total. The molecule has 2 heterocycles. The van der Waals surface area contributed by atoms with Crippen LogP contribution < -0.4 is 11.1 Å². The maximum absolute atomic E-state index is 11.7. The fraction of sp³-hybridized carbons (Fsp3) is 0.200. The normalized spacial score (nSPS) is 10.2. The van der Waals surface area contributed by atoms with Crippen molar-refractivity contribution in [1.82, 2.24) is 20.3 Å². The zero-order chi connectivity index (χ0) is 12.3. The molecule has 6 nitrogen and oxygen atoms in total. The molecule has 2 rings (SSSR count). The van der Waals surface area contributed by atoms with Crippen molar-refractivity contribution in [3.8, 4) is 0 Å². The fourth-order valence-corrected chi connectivity index (χ4v) is 1.96. The minimum atomic E-state index is -0.344. The van der Waals surface area contributed by atoms with Gasteiger partial charge in [0.05, 0.1) is 6.54 Å². The lowest BCUT2D eigenvalue weighted by atomic mass is 10.4. The van der Waals surface area contributed by atoms with E-state index in [2.05, 4.69) is 20.3 Å². The molecule has 0 aliphatic carbocycles. The number of anilines is 1. The number of nitrogen functional groups attached to an aromatic ring is 1. The van der Waals surface area contributed by atoms with E-state index >= 15 is 0 Å². The van der Waals surface area contributed by atoms with Crippen LogP contribution in [0.15, 0.2) is 17.8 Å². The summed E-state index contributed by atoms with van der Waals surface area (Å²) >= 11 is 1.50. The average Bonchev–Trinajstić information content (AvgIpc) is 2.73. The molecule has 0 spiro atoms. The van der Waals surface area contributed by atoms with Gasteiger partial charge in [-0.3, -0.25) is 4.79 Å². The second-order valence-electron chi connectivity index (χ2n) is 3.36. The van der Waals surface area contributed by atoms with Crippen LogP contribution in [0.2, 0.25) is 0 Å². The molecule has 0 aromatic carbocycles. The Balaban J connectivity index is 2.01. The predicted octanol–water partition coefficient (Wildman–Crippen LogP) is 0.754. The Morgan fingerprint density at radius 3 is 2.88 bits per heavy atom. The second kappa shape index (κ2) is 4.88. The van der Waals surface area contributed by atoms with Crippen LogP contribution in [-0.4, -0.2) is 20.9 Å². The standard InChI is InChI=1S/C10H11N5OS/c1-6-5-17-7(15-6)4-14-10(16)8-9(11)13-3-2-12-8/h2-3,5H,4H2,1H3,(H2,11,13)(H,14,16). The minimum absolute atomic E-state index is 0.125. The van der Waals surface area contributed by atoms with Crippen LogP contribution in [0.25, 0.3) is 0 Å². The highest BCUT2D eigenvalue weighted by Crippen LogP contribution is 2.09. The zero-order valence-electron chi connectivity index (χ0n) is 9.17. The van der Waals surface area contributed by atoms with Crippen LogP contribution >= 0.6 is 11.3 Å². The van der Waals surface area contributed by atoms with Crippen molar-refractivity contribution in [2.24, 2.45) is 0 Å². The van der Waals surface area contributed by atoms with Gasteiger partial charge < -0.3 is 11.1 Å². The van der Waals surface area contributed by atoms with Gasteiger partial charge in [-0.15, -0.1) is 11.3 Å². The van der Waals surface area contributed by atoms with Gasteiger partial charge in [-0.2, -0.15) is 0 Å². The van der Waals surface area contributed by atoms with Crippen molar-refractivity contribution >= 4 is 23.1 Å². The first-order valence-corrected chi connectivity index (χ1v) is 5.80. The SMILES string of the molecule is Cc1csc(CNC(=O)c2nccnc2N)n1. The summed E-state index contributed by atoms with van der Waals surface area (Å²) in [5.41, 5.74) is 6.63. The zero-order valence-corrected chi connectivity index (χ0v) is 9.99. The summed E-state index contributed by atoms with van der Waals surface area (Å²) in [5.74, 6) is -0.219. The Hall–Kier alpha value is -2.02. The minimum Gasteiger partial charge on any atom is -0.382 e. The maximum atomic E-state index is 11.7. The molecule has 2 aromatic heterocycles. The number of nitrogens with zero attached hydrogens (tertiary/aromatic N) is 3. The van der Waals surface area contributed by atoms with Crippen LogP contribution in [0.4, 0.5) is 5.82 Å². The number of hydrogen-bond acceptors (Lipinski definition) is 6. The number of carbonyl (C=O) groups is 1. The first-order valence-electron chi connectivity index (χ1n) is 4.92. The summed E-state index contributed by atoms with van der Waals surface area (Å²) in [6, 6.07) is 0. The Labute approximate surface area is 102 Å². The smallest absolute Gasteiger partial charge is 0.274 e. The summed E-state index contributed by atoms with van der Waals surface area (Å²) in [7, 11) is 0. The third-order valence-electron chi connectivity index (χ3n) is 2.01. The number of nitrogens with two attached hydrogens (primary N) is 1. The molecule has 0 aliphatic heterocycles. The molecule has 1 amide bonds. The van der Waals surface area contributed by atoms with Crippen LogP contribution in [-0.2, 0) is 6.54 Å². The van der Waals surface area contributed by atoms with Gasteiger partial charge in [0, 0.05) is 23.5 Å². The molecule has 0 saturated heterocycles. The number of nitrogens with one attached hydrogen (secondary N) is 1. The number of amides is 1. The highest BCUT2D eigenvalue weighted by Gasteiger charge is 2.11. The third-order valence-corrected chi connectivity index (χ3v) is 2.98. The first kappa shape index (κ1) is 11.5. The van der Waals surface area contributed by atoms with Crippen molar-refractivity contribution in [1.29, 1.82) is 0 Å². The molecule has 2 aromatic rings. The maximum Gasteiger partial charge on any atom is 0.274 e. The van der Waals surface area contributed by atoms with Crippen LogP contribution in [0, 0.1) is 6.92 Å². The number of hydrogen-bond donors (Lipinski definition) is 2. The van der Waals surface area contributed by atoms with Gasteiger partial charge in [0.1, 0.15) is 5.01 Å². The molecule has 7 heteroatoms. The van der Waals surface area contributed by atoms with Gasteiger partial charge in [0.2, 0.25) is 0 Å². The van der Waals surface area contributed by atoms with E-state index in [4.69, 9.17) is 5.73 Å². The van der Waals surface area contributed by atoms with Gasteiger partial charge in [-0.1, -0.05) is 0 Å². The van der Waals surface area contributed by atoms with E-state index in [-0.39, 0.29) is 17.4 Å². The Bertz CT molecular complexity index is 539. The lowest BCUT2D eigenvalue weighted by Gasteiger charge is -2.03. The molecule has 0 radical (unpaired) electrons. The molecule has 0 aliphatic rings. The van der Waals surface area contributed by atoms with Gasteiger partial charge in [-0.05, 0) is 6.92 Å². The molecule has 88 valence electrons. The van der Waals surface area contributed by atoms with Gasteiger partial charge in [0.25, 0.3) is 5.91 Å². The number of aryl methyl sites for hydroxylation is 1. The third kappa shape index (κ3) is 2.76. The summed E-state index contributed by atoms with van der Waals surface area (Å²) < 4.78 is 0. The molecule has 0 bridgehead atoms. The molecule has 0 saturated carbocycles. The molecule has 0 fully saturated rings. The molecule has 0 unspecified atom stereocenters. The van der Waals surface area contributed by atoms with E-state index < -0.39 is 0 Å². The summed E-state index contributed by atoms with van der Waals surface area (Å²) in [6.07, 6.45) is 2.87. The summed E-state index contributed by atoms with van der Waals surface area (Å²) in [6.45, 7) is 2.27. The van der Waals surface area contributed by atoms with Crippen molar-refractivity contribution in [2.75, 3.05) is 5.73 Å². The van der Waals surface area contributed by atoms with Crippen LogP contribution in [0.3, 0.4) is 0 Å². The van der Waals surface area contributed by atoms with E-state index in [0.717, 1.165) is 10.7 Å². The summed E-state index contributed by atoms with van der Waals surface area (Å²) in [5, 5.41) is 5.47. The Morgan fingerprint density at radius 1 is 1.47 bits per heavy atom.